The van der Waals surface area contributed by atoms with Crippen molar-refractivity contribution < 1.29 is 4.79 Å². The van der Waals surface area contributed by atoms with Crippen LogP contribution in [-0.2, 0) is 0 Å². The van der Waals surface area contributed by atoms with Crippen LogP contribution < -0.4 is 10.2 Å². The number of benzene rings is 1. The number of urea groups is 1. The van der Waals surface area contributed by atoms with Crippen LogP contribution in [0.25, 0.3) is 0 Å². The molecule has 2 heterocycles. The van der Waals surface area contributed by atoms with E-state index in [1.54, 1.807) is 0 Å². The summed E-state index contributed by atoms with van der Waals surface area (Å²) in [5.74, 6) is 0. The molecular weight excluding hydrogens is 336 g/mol. The molecular formula is C19H23ClN4O. The number of hydrogen-bond acceptors (Lipinski definition) is 3. The first-order chi connectivity index (χ1) is 12.0. The predicted molar refractivity (Wildman–Crippen MR) is 101 cm³/mol. The van der Waals surface area contributed by atoms with Gasteiger partial charge in [0.05, 0.1) is 11.7 Å². The molecule has 3 rings (SSSR count). The molecule has 0 radical (unpaired) electrons. The van der Waals surface area contributed by atoms with E-state index in [2.05, 4.69) is 15.2 Å². The van der Waals surface area contributed by atoms with Crippen molar-refractivity contribution in [3.05, 3.63) is 58.9 Å². The van der Waals surface area contributed by atoms with Gasteiger partial charge in [-0.3, -0.25) is 4.98 Å². The number of piperazine rings is 1. The zero-order valence-corrected chi connectivity index (χ0v) is 15.3. The van der Waals surface area contributed by atoms with Gasteiger partial charge in [0.1, 0.15) is 0 Å². The van der Waals surface area contributed by atoms with Crippen LogP contribution >= 0.6 is 11.6 Å². The number of carbonyl (C=O) groups is 1. The fourth-order valence-corrected chi connectivity index (χ4v) is 3.18. The SMILES string of the molecule is Cc1cccc([C@@H](C)NC(=O)N2CCN(c3cccc(Cl)c3)CC2)n1. The van der Waals surface area contributed by atoms with Gasteiger partial charge in [0.2, 0.25) is 0 Å². The van der Waals surface area contributed by atoms with E-state index in [1.807, 2.05) is 61.2 Å². The maximum Gasteiger partial charge on any atom is 0.318 e. The zero-order valence-electron chi connectivity index (χ0n) is 14.6. The molecule has 5 nitrogen and oxygen atoms in total. The van der Waals surface area contributed by atoms with Gasteiger partial charge in [-0.05, 0) is 44.2 Å². The Kier molecular flexibility index (Phi) is 5.43. The van der Waals surface area contributed by atoms with Crippen molar-refractivity contribution in [2.75, 3.05) is 31.1 Å². The Hall–Kier alpha value is -2.27. The molecule has 0 unspecified atom stereocenters. The molecule has 1 aliphatic rings. The average Bonchev–Trinajstić information content (AvgIpc) is 2.62. The summed E-state index contributed by atoms with van der Waals surface area (Å²) in [5.41, 5.74) is 2.93. The van der Waals surface area contributed by atoms with Crippen molar-refractivity contribution in [3.8, 4) is 0 Å². The maximum absolute atomic E-state index is 12.5. The van der Waals surface area contributed by atoms with Crippen LogP contribution in [0.2, 0.25) is 5.02 Å². The van der Waals surface area contributed by atoms with Crippen molar-refractivity contribution in [2.45, 2.75) is 19.9 Å². The van der Waals surface area contributed by atoms with E-state index in [1.165, 1.54) is 0 Å². The second kappa shape index (κ2) is 7.74. The number of aromatic nitrogens is 1. The monoisotopic (exact) mass is 358 g/mol. The van der Waals surface area contributed by atoms with E-state index >= 15 is 0 Å². The van der Waals surface area contributed by atoms with Crippen LogP contribution in [0.15, 0.2) is 42.5 Å². The highest BCUT2D eigenvalue weighted by Gasteiger charge is 2.23. The van der Waals surface area contributed by atoms with E-state index < -0.39 is 0 Å². The standard InChI is InChI=1S/C19H23ClN4O/c1-14-5-3-8-18(21-14)15(2)22-19(25)24-11-9-23(10-12-24)17-7-4-6-16(20)13-17/h3-8,13,15H,9-12H2,1-2H3,(H,22,25)/t15-/m1/s1. The highest BCUT2D eigenvalue weighted by Crippen LogP contribution is 2.21. The van der Waals surface area contributed by atoms with Crippen LogP contribution in [0.1, 0.15) is 24.4 Å². The van der Waals surface area contributed by atoms with Gasteiger partial charge in [-0.1, -0.05) is 23.7 Å². The molecule has 1 aliphatic heterocycles. The van der Waals surface area contributed by atoms with Gasteiger partial charge in [0.25, 0.3) is 0 Å². The van der Waals surface area contributed by atoms with Crippen LogP contribution in [0.4, 0.5) is 10.5 Å². The summed E-state index contributed by atoms with van der Waals surface area (Å²) in [6.07, 6.45) is 0. The molecule has 1 fully saturated rings. The van der Waals surface area contributed by atoms with E-state index in [9.17, 15) is 4.79 Å². The van der Waals surface area contributed by atoms with Gasteiger partial charge >= 0.3 is 6.03 Å². The van der Waals surface area contributed by atoms with Gasteiger partial charge in [-0.2, -0.15) is 0 Å². The topological polar surface area (TPSA) is 48.5 Å². The molecule has 6 heteroatoms. The van der Waals surface area contributed by atoms with Crippen LogP contribution in [0.3, 0.4) is 0 Å². The highest BCUT2D eigenvalue weighted by molar-refractivity contribution is 6.30. The van der Waals surface area contributed by atoms with Crippen molar-refractivity contribution in [1.82, 2.24) is 15.2 Å². The summed E-state index contributed by atoms with van der Waals surface area (Å²) in [6.45, 7) is 6.88. The van der Waals surface area contributed by atoms with E-state index in [0.717, 1.165) is 35.2 Å². The molecule has 25 heavy (non-hydrogen) atoms. The number of halogens is 1. The minimum atomic E-state index is -0.113. The summed E-state index contributed by atoms with van der Waals surface area (Å²) in [4.78, 5) is 21.1. The predicted octanol–water partition coefficient (Wildman–Crippen LogP) is 3.64. The van der Waals surface area contributed by atoms with Gasteiger partial charge < -0.3 is 15.1 Å². The molecule has 2 amide bonds. The summed E-state index contributed by atoms with van der Waals surface area (Å²) in [7, 11) is 0. The van der Waals surface area contributed by atoms with Crippen LogP contribution in [0, 0.1) is 6.92 Å². The van der Waals surface area contributed by atoms with Gasteiger partial charge in [-0.15, -0.1) is 0 Å². The lowest BCUT2D eigenvalue weighted by Crippen LogP contribution is -2.52. The first kappa shape index (κ1) is 17.5. The molecule has 1 atom stereocenters. The zero-order chi connectivity index (χ0) is 17.8. The Balaban J connectivity index is 1.54. The Labute approximate surface area is 153 Å². The minimum Gasteiger partial charge on any atom is -0.368 e. The van der Waals surface area contributed by atoms with E-state index in [4.69, 9.17) is 11.6 Å². The lowest BCUT2D eigenvalue weighted by atomic mass is 10.2. The Morgan fingerprint density at radius 3 is 2.56 bits per heavy atom. The second-order valence-electron chi connectivity index (χ2n) is 6.33. The third-order valence-corrected chi connectivity index (χ3v) is 4.67. The van der Waals surface area contributed by atoms with E-state index in [-0.39, 0.29) is 12.1 Å². The van der Waals surface area contributed by atoms with E-state index in [0.29, 0.717) is 13.1 Å². The average molecular weight is 359 g/mol. The molecule has 1 aromatic heterocycles. The first-order valence-electron chi connectivity index (χ1n) is 8.52. The van der Waals surface area contributed by atoms with Crippen molar-refractivity contribution in [3.63, 3.8) is 0 Å². The Bertz CT molecular complexity index is 744. The minimum absolute atomic E-state index is 0.0402. The number of anilines is 1. The smallest absolute Gasteiger partial charge is 0.318 e. The third kappa shape index (κ3) is 4.42. The Morgan fingerprint density at radius 2 is 1.88 bits per heavy atom. The molecule has 1 aromatic carbocycles. The Morgan fingerprint density at radius 1 is 1.16 bits per heavy atom. The summed E-state index contributed by atoms with van der Waals surface area (Å²) in [6, 6.07) is 13.5. The highest BCUT2D eigenvalue weighted by atomic mass is 35.5. The summed E-state index contributed by atoms with van der Waals surface area (Å²) in [5, 5.41) is 3.78. The molecule has 2 aromatic rings. The third-order valence-electron chi connectivity index (χ3n) is 4.43. The van der Waals surface area contributed by atoms with Gasteiger partial charge in [0.15, 0.2) is 0 Å². The molecule has 0 saturated carbocycles. The first-order valence-corrected chi connectivity index (χ1v) is 8.90. The van der Waals surface area contributed by atoms with Crippen LogP contribution in [0.5, 0.6) is 0 Å². The number of amides is 2. The van der Waals surface area contributed by atoms with Crippen molar-refractivity contribution >= 4 is 23.3 Å². The lowest BCUT2D eigenvalue weighted by molar-refractivity contribution is 0.191. The number of aryl methyl sites for hydroxylation is 1. The van der Waals surface area contributed by atoms with Crippen molar-refractivity contribution in [1.29, 1.82) is 0 Å². The fraction of sp³-hybridized carbons (Fsp3) is 0.368. The molecule has 1 saturated heterocycles. The molecule has 0 spiro atoms. The van der Waals surface area contributed by atoms with Gasteiger partial charge in [-0.25, -0.2) is 4.79 Å². The molecule has 1 N–H and O–H groups in total. The molecule has 0 aliphatic carbocycles. The summed E-state index contributed by atoms with van der Waals surface area (Å²) >= 11 is 6.06. The number of pyridine rings is 1. The molecule has 132 valence electrons. The maximum atomic E-state index is 12.5. The number of hydrogen-bond donors (Lipinski definition) is 1. The van der Waals surface area contributed by atoms with Crippen molar-refractivity contribution in [2.24, 2.45) is 0 Å². The second-order valence-corrected chi connectivity index (χ2v) is 6.77. The fourth-order valence-electron chi connectivity index (χ4n) is 3.00. The normalized spacial score (nSPS) is 15.8. The van der Waals surface area contributed by atoms with Crippen LogP contribution in [-0.4, -0.2) is 42.1 Å². The number of rotatable bonds is 3. The number of carbonyl (C=O) groups excluding carboxylic acids is 1. The number of nitrogens with zero attached hydrogens (tertiary/aromatic N) is 3. The lowest BCUT2D eigenvalue weighted by Gasteiger charge is -2.36. The summed E-state index contributed by atoms with van der Waals surface area (Å²) < 4.78 is 0. The number of nitrogens with one attached hydrogen (secondary N) is 1. The largest absolute Gasteiger partial charge is 0.368 e. The van der Waals surface area contributed by atoms with Gasteiger partial charge in [0, 0.05) is 42.6 Å². The quantitative estimate of drug-likeness (QED) is 0.911. The molecule has 0 bridgehead atoms.